The molecule has 1 N–H and O–H groups in total. The Morgan fingerprint density at radius 3 is 2.44 bits per heavy atom. The lowest BCUT2D eigenvalue weighted by molar-refractivity contribution is -0.275. The normalized spacial score (nSPS) is 19.4. The Labute approximate surface area is 162 Å². The second-order valence-electron chi connectivity index (χ2n) is 6.08. The molecule has 1 unspecified atom stereocenters. The van der Waals surface area contributed by atoms with Gasteiger partial charge in [0.25, 0.3) is 5.60 Å². The third-order valence-corrected chi connectivity index (χ3v) is 4.74. The number of alkyl halides is 3. The molecule has 0 aromatic heterocycles. The molecular weight excluding hydrogens is 404 g/mol. The van der Waals surface area contributed by atoms with E-state index in [9.17, 15) is 18.0 Å². The number of amides is 1. The van der Waals surface area contributed by atoms with Gasteiger partial charge in [0.05, 0.1) is 5.71 Å². The number of carbonyl (C=O) groups excluding carboxylic acids is 1. The maximum atomic E-state index is 14.0. The van der Waals surface area contributed by atoms with Crippen LogP contribution in [0.15, 0.2) is 41.6 Å². The molecule has 1 atom stereocenters. The van der Waals surface area contributed by atoms with Crippen LogP contribution in [0.2, 0.25) is 10.0 Å². The molecule has 2 aromatic rings. The highest BCUT2D eigenvalue weighted by Gasteiger charge is 2.62. The van der Waals surface area contributed by atoms with Crippen molar-refractivity contribution < 1.29 is 22.8 Å². The van der Waals surface area contributed by atoms with E-state index < -0.39 is 18.2 Å². The summed E-state index contributed by atoms with van der Waals surface area (Å²) in [5.74, 6) is 0. The van der Waals surface area contributed by atoms with Crippen molar-refractivity contribution in [1.82, 2.24) is 0 Å². The predicted octanol–water partition coefficient (Wildman–Crippen LogP) is 5.45. The minimum absolute atomic E-state index is 0.0611. The monoisotopic (exact) mass is 416 g/mol. The molecule has 3 rings (SSSR count). The lowest BCUT2D eigenvalue weighted by Crippen LogP contribution is -2.42. The lowest BCUT2D eigenvalue weighted by Gasteiger charge is -2.29. The zero-order valence-electron chi connectivity index (χ0n) is 13.9. The van der Waals surface area contributed by atoms with Gasteiger partial charge >= 0.3 is 6.18 Å². The number of aryl methyl sites for hydroxylation is 1. The molecule has 4 nitrogen and oxygen atoms in total. The molecule has 1 amide bonds. The first kappa shape index (κ1) is 19.5. The summed E-state index contributed by atoms with van der Waals surface area (Å²) in [5, 5.41) is 6.31. The van der Waals surface area contributed by atoms with Crippen LogP contribution in [0.1, 0.15) is 23.1 Å². The van der Waals surface area contributed by atoms with Crippen LogP contribution in [0.25, 0.3) is 0 Å². The zero-order valence-corrected chi connectivity index (χ0v) is 15.4. The average molecular weight is 417 g/mol. The summed E-state index contributed by atoms with van der Waals surface area (Å²) in [4.78, 5) is 15.7. The van der Waals surface area contributed by atoms with Crippen molar-refractivity contribution >= 4 is 41.0 Å². The highest BCUT2D eigenvalue weighted by Crippen LogP contribution is 2.49. The summed E-state index contributed by atoms with van der Waals surface area (Å²) in [6.45, 7) is 1.76. The molecule has 0 saturated carbocycles. The van der Waals surface area contributed by atoms with E-state index >= 15 is 0 Å². The Bertz CT molecular complexity index is 911. The van der Waals surface area contributed by atoms with Crippen LogP contribution in [0.3, 0.4) is 0 Å². The van der Waals surface area contributed by atoms with Crippen LogP contribution in [-0.2, 0) is 15.2 Å². The number of nitrogens with zero attached hydrogens (tertiary/aromatic N) is 1. The molecule has 27 heavy (non-hydrogen) atoms. The molecule has 0 radical (unpaired) electrons. The zero-order chi connectivity index (χ0) is 19.8. The van der Waals surface area contributed by atoms with E-state index in [2.05, 4.69) is 10.5 Å². The van der Waals surface area contributed by atoms with Crippen LogP contribution < -0.4 is 5.32 Å². The van der Waals surface area contributed by atoms with Crippen molar-refractivity contribution in [1.29, 1.82) is 0 Å². The fraction of sp³-hybridized carbons (Fsp3) is 0.222. The van der Waals surface area contributed by atoms with Crippen molar-refractivity contribution in [3.05, 3.63) is 63.1 Å². The Morgan fingerprint density at radius 1 is 1.19 bits per heavy atom. The smallest absolute Gasteiger partial charge is 0.374 e. The van der Waals surface area contributed by atoms with E-state index in [0.29, 0.717) is 17.7 Å². The number of nitrogens with one attached hydrogen (secondary N) is 1. The minimum Gasteiger partial charge on any atom is -0.374 e. The first-order chi connectivity index (χ1) is 12.7. The summed E-state index contributed by atoms with van der Waals surface area (Å²) in [7, 11) is 0. The van der Waals surface area contributed by atoms with Crippen molar-refractivity contribution in [2.24, 2.45) is 5.16 Å². The van der Waals surface area contributed by atoms with Crippen LogP contribution in [0, 0.1) is 6.92 Å². The number of halogens is 5. The molecule has 0 bridgehead atoms. The van der Waals surface area contributed by atoms with Crippen LogP contribution in [0.4, 0.5) is 18.9 Å². The van der Waals surface area contributed by atoms with E-state index in [4.69, 9.17) is 28.0 Å². The van der Waals surface area contributed by atoms with Gasteiger partial charge in [0, 0.05) is 33.3 Å². The van der Waals surface area contributed by atoms with Crippen molar-refractivity contribution in [2.75, 3.05) is 5.32 Å². The van der Waals surface area contributed by atoms with E-state index in [1.807, 2.05) is 0 Å². The SMILES string of the molecule is Cc1ccc(C2=NOC(c3cc(Cl)cc(Cl)c3)(C(F)(F)F)C2)cc1NC=O. The van der Waals surface area contributed by atoms with Gasteiger partial charge < -0.3 is 10.2 Å². The first-order valence-corrected chi connectivity index (χ1v) is 8.51. The summed E-state index contributed by atoms with van der Waals surface area (Å²) in [5.41, 5.74) is -1.19. The molecular formula is C18H13Cl2F3N2O2. The molecule has 0 saturated heterocycles. The molecule has 9 heteroatoms. The van der Waals surface area contributed by atoms with Crippen LogP contribution in [0.5, 0.6) is 0 Å². The number of oxime groups is 1. The fourth-order valence-corrected chi connectivity index (χ4v) is 3.39. The first-order valence-electron chi connectivity index (χ1n) is 7.76. The van der Waals surface area contributed by atoms with Crippen LogP contribution >= 0.6 is 23.2 Å². The highest BCUT2D eigenvalue weighted by molar-refractivity contribution is 6.34. The third-order valence-electron chi connectivity index (χ3n) is 4.30. The van der Waals surface area contributed by atoms with Gasteiger partial charge in [-0.15, -0.1) is 0 Å². The van der Waals surface area contributed by atoms with E-state index in [-0.39, 0.29) is 21.3 Å². The Morgan fingerprint density at radius 2 is 1.85 bits per heavy atom. The minimum atomic E-state index is -4.76. The van der Waals surface area contributed by atoms with Gasteiger partial charge in [0.15, 0.2) is 0 Å². The van der Waals surface area contributed by atoms with Gasteiger partial charge in [-0.3, -0.25) is 4.79 Å². The molecule has 0 fully saturated rings. The van der Waals surface area contributed by atoms with Gasteiger partial charge in [-0.1, -0.05) is 40.5 Å². The maximum Gasteiger partial charge on any atom is 0.435 e. The van der Waals surface area contributed by atoms with Crippen molar-refractivity contribution in [3.8, 4) is 0 Å². The predicted molar refractivity (Wildman–Crippen MR) is 97.3 cm³/mol. The largest absolute Gasteiger partial charge is 0.435 e. The lowest BCUT2D eigenvalue weighted by atomic mass is 9.86. The third kappa shape index (κ3) is 3.61. The summed E-state index contributed by atoms with van der Waals surface area (Å²) >= 11 is 11.8. The van der Waals surface area contributed by atoms with Gasteiger partial charge in [0.1, 0.15) is 0 Å². The molecule has 142 valence electrons. The topological polar surface area (TPSA) is 50.7 Å². The number of anilines is 1. The molecule has 0 spiro atoms. The Balaban J connectivity index is 2.02. The molecule has 2 aromatic carbocycles. The second kappa shape index (κ2) is 7.05. The summed E-state index contributed by atoms with van der Waals surface area (Å²) in [6.07, 6.45) is -4.83. The average Bonchev–Trinajstić information content (AvgIpc) is 3.03. The molecule has 1 aliphatic rings. The quantitative estimate of drug-likeness (QED) is 0.673. The number of hydrogen-bond acceptors (Lipinski definition) is 3. The second-order valence-corrected chi connectivity index (χ2v) is 6.95. The fourth-order valence-electron chi connectivity index (χ4n) is 2.87. The molecule has 0 aliphatic carbocycles. The standard InChI is InChI=1S/C18H13Cl2F3N2O2/c1-10-2-3-11(4-15(10)24-9-26)16-8-17(27-25-16,18(21,22)23)12-5-13(19)7-14(20)6-12/h2-7,9H,8H2,1H3,(H,24,26). The van der Waals surface area contributed by atoms with Gasteiger partial charge in [0.2, 0.25) is 6.41 Å². The number of benzene rings is 2. The van der Waals surface area contributed by atoms with Gasteiger partial charge in [-0.25, -0.2) is 0 Å². The molecule has 1 aliphatic heterocycles. The maximum absolute atomic E-state index is 14.0. The van der Waals surface area contributed by atoms with Crippen molar-refractivity contribution in [3.63, 3.8) is 0 Å². The van der Waals surface area contributed by atoms with Gasteiger partial charge in [-0.05, 0) is 36.8 Å². The van der Waals surface area contributed by atoms with E-state index in [0.717, 1.165) is 17.7 Å². The van der Waals surface area contributed by atoms with E-state index in [1.165, 1.54) is 6.07 Å². The number of rotatable bonds is 4. The van der Waals surface area contributed by atoms with Crippen LogP contribution in [-0.4, -0.2) is 18.3 Å². The summed E-state index contributed by atoms with van der Waals surface area (Å²) in [6, 6.07) is 8.49. The van der Waals surface area contributed by atoms with Gasteiger partial charge in [-0.2, -0.15) is 13.2 Å². The summed E-state index contributed by atoms with van der Waals surface area (Å²) < 4.78 is 41.9. The van der Waals surface area contributed by atoms with Crippen molar-refractivity contribution in [2.45, 2.75) is 25.1 Å². The molecule has 1 heterocycles. The highest BCUT2D eigenvalue weighted by atomic mass is 35.5. The Hall–Kier alpha value is -2.25. The number of carbonyl (C=O) groups is 1. The number of hydrogen-bond donors (Lipinski definition) is 1. The Kier molecular flexibility index (Phi) is 5.10. The van der Waals surface area contributed by atoms with E-state index in [1.54, 1.807) is 25.1 Å².